The number of carbonyl (C=O) groups is 2. The summed E-state index contributed by atoms with van der Waals surface area (Å²) in [5.41, 5.74) is 10.8. The predicted octanol–water partition coefficient (Wildman–Crippen LogP) is 5.81. The number of thioether (sulfide) groups is 1. The van der Waals surface area contributed by atoms with Gasteiger partial charge in [0.2, 0.25) is 11.8 Å². The van der Waals surface area contributed by atoms with E-state index in [4.69, 9.17) is 15.2 Å². The number of nitrogens with one attached hydrogen (secondary N) is 3. The molecule has 47 heavy (non-hydrogen) atoms. The lowest BCUT2D eigenvalue weighted by molar-refractivity contribution is -0.245. The third-order valence-corrected chi connectivity index (χ3v) is 8.96. The molecular weight excluding hydrogens is 616 g/mol. The lowest BCUT2D eigenvalue weighted by Crippen LogP contribution is -2.31. The number of aromatic amines is 1. The fourth-order valence-electron chi connectivity index (χ4n) is 5.29. The normalized spacial score (nSPS) is 17.7. The van der Waals surface area contributed by atoms with E-state index in [1.165, 1.54) is 6.33 Å². The van der Waals surface area contributed by atoms with Gasteiger partial charge in [0.25, 0.3) is 0 Å². The lowest BCUT2D eigenvalue weighted by atomic mass is 10.0. The van der Waals surface area contributed by atoms with Crippen LogP contribution < -0.4 is 16.4 Å². The molecule has 1 aliphatic heterocycles. The summed E-state index contributed by atoms with van der Waals surface area (Å²) < 4.78 is 12.8. The highest BCUT2D eigenvalue weighted by atomic mass is 32.2. The number of aromatic nitrogens is 3. The van der Waals surface area contributed by atoms with E-state index in [9.17, 15) is 14.7 Å². The van der Waals surface area contributed by atoms with Gasteiger partial charge in [-0.1, -0.05) is 85.3 Å². The topological polar surface area (TPSA) is 164 Å². The molecule has 0 bridgehead atoms. The zero-order valence-corrected chi connectivity index (χ0v) is 27.1. The number of aliphatic hydroxyl groups is 1. The van der Waals surface area contributed by atoms with Crippen molar-refractivity contribution in [3.05, 3.63) is 101 Å². The first-order valence-corrected chi connectivity index (χ1v) is 16.9. The molecular formula is C35H42N6O5S. The van der Waals surface area contributed by atoms with Crippen molar-refractivity contribution >= 4 is 35.0 Å². The lowest BCUT2D eigenvalue weighted by Gasteiger charge is -2.36. The maximum Gasteiger partial charge on any atom is 0.224 e. The minimum atomic E-state index is -0.558. The number of nitrogen functional groups attached to an aromatic ring is 1. The molecule has 1 aromatic heterocycles. The number of carbonyl (C=O) groups excluding carboxylic acids is 2. The number of nitrogens with zero attached hydrogens (tertiary/aromatic N) is 2. The molecule has 5 rings (SSSR count). The molecule has 0 saturated carbocycles. The molecule has 12 heteroatoms. The smallest absolute Gasteiger partial charge is 0.224 e. The average Bonchev–Trinajstić information content (AvgIpc) is 3.63. The van der Waals surface area contributed by atoms with Crippen molar-refractivity contribution in [3.63, 3.8) is 0 Å². The van der Waals surface area contributed by atoms with Crippen LogP contribution in [-0.4, -0.2) is 44.0 Å². The molecule has 1 aliphatic rings. The van der Waals surface area contributed by atoms with E-state index in [0.717, 1.165) is 53.1 Å². The molecule has 3 aromatic carbocycles. The van der Waals surface area contributed by atoms with Crippen LogP contribution in [0.25, 0.3) is 0 Å². The van der Waals surface area contributed by atoms with Crippen molar-refractivity contribution < 1.29 is 24.2 Å². The first kappa shape index (κ1) is 34.1. The van der Waals surface area contributed by atoms with Gasteiger partial charge in [-0.05, 0) is 41.7 Å². The summed E-state index contributed by atoms with van der Waals surface area (Å²) in [5.74, 6) is 0.638. The molecule has 1 fully saturated rings. The second-order valence-corrected chi connectivity index (χ2v) is 12.5. The molecule has 0 unspecified atom stereocenters. The molecule has 0 spiro atoms. The van der Waals surface area contributed by atoms with Crippen LogP contribution in [0.5, 0.6) is 0 Å². The maximum atomic E-state index is 12.4. The van der Waals surface area contributed by atoms with E-state index in [1.54, 1.807) is 23.9 Å². The van der Waals surface area contributed by atoms with E-state index >= 15 is 0 Å². The number of nitrogens with two attached hydrogens (primary N) is 1. The number of hydrogen-bond donors (Lipinski definition) is 5. The number of ether oxygens (including phenoxy) is 2. The Labute approximate surface area is 279 Å². The fourth-order valence-corrected chi connectivity index (χ4v) is 6.09. The first-order chi connectivity index (χ1) is 23.0. The molecule has 6 N–H and O–H groups in total. The Balaban J connectivity index is 1.04. The van der Waals surface area contributed by atoms with Gasteiger partial charge in [-0.15, -0.1) is 0 Å². The van der Waals surface area contributed by atoms with Crippen LogP contribution in [0.3, 0.4) is 0 Å². The van der Waals surface area contributed by atoms with Crippen molar-refractivity contribution in [1.29, 1.82) is 0 Å². The van der Waals surface area contributed by atoms with Crippen LogP contribution in [0.1, 0.15) is 79.6 Å². The second kappa shape index (κ2) is 17.6. The zero-order valence-electron chi connectivity index (χ0n) is 26.3. The standard InChI is InChI=1S/C35H42N6O5S/c36-29-7-5-6-8-30(29)40-33(44)10-4-2-1-3-9-32(43)37-20-24-11-17-27(18-12-24)34-45-28(22-47-35-38-23-39-41-35)19-31(46-34)26-15-13-25(21-42)14-16-26/h5-8,11-18,23,28,31,34,42H,1-4,9-10,19-22,36H2,(H,37,43)(H,40,44)(H,38,39,41)/t28-,31+,34+/m0/s1. The minimum absolute atomic E-state index is 0.00518. The SMILES string of the molecule is Nc1ccccc1NC(=O)CCCCCCC(=O)NCc1ccc([C@@H]2O[C@H](CSc3ncn[nH]3)C[C@H](c3ccc(CO)cc3)O2)cc1. The van der Waals surface area contributed by atoms with Crippen molar-refractivity contribution in [3.8, 4) is 0 Å². The quantitative estimate of drug-likeness (QED) is 0.0567. The van der Waals surface area contributed by atoms with Gasteiger partial charge >= 0.3 is 0 Å². The summed E-state index contributed by atoms with van der Waals surface area (Å²) in [6.07, 6.45) is 5.52. The number of unbranched alkanes of at least 4 members (excludes halogenated alkanes) is 3. The van der Waals surface area contributed by atoms with Gasteiger partial charge in [0.05, 0.1) is 30.2 Å². The average molecular weight is 659 g/mol. The van der Waals surface area contributed by atoms with Gasteiger partial charge in [0.15, 0.2) is 11.4 Å². The third kappa shape index (κ3) is 10.6. The first-order valence-electron chi connectivity index (χ1n) is 16.0. The summed E-state index contributed by atoms with van der Waals surface area (Å²) in [4.78, 5) is 28.8. The number of aliphatic hydroxyl groups excluding tert-OH is 1. The van der Waals surface area contributed by atoms with Gasteiger partial charge in [-0.25, -0.2) is 4.98 Å². The number of H-pyrrole nitrogens is 1. The monoisotopic (exact) mass is 658 g/mol. The van der Waals surface area contributed by atoms with E-state index < -0.39 is 6.29 Å². The Morgan fingerprint density at radius 1 is 0.894 bits per heavy atom. The van der Waals surface area contributed by atoms with Gasteiger partial charge in [0, 0.05) is 37.1 Å². The highest BCUT2D eigenvalue weighted by Gasteiger charge is 2.32. The zero-order chi connectivity index (χ0) is 32.8. The number of anilines is 2. The van der Waals surface area contributed by atoms with E-state index in [2.05, 4.69) is 25.8 Å². The number of amides is 2. The number of rotatable bonds is 16. The van der Waals surface area contributed by atoms with Crippen LogP contribution in [0.15, 0.2) is 84.3 Å². The molecule has 4 aromatic rings. The Bertz CT molecular complexity index is 1550. The minimum Gasteiger partial charge on any atom is -0.397 e. The van der Waals surface area contributed by atoms with Crippen LogP contribution in [0.2, 0.25) is 0 Å². The van der Waals surface area contributed by atoms with Crippen molar-refractivity contribution in [2.24, 2.45) is 0 Å². The summed E-state index contributed by atoms with van der Waals surface area (Å²) in [6, 6.07) is 22.9. The van der Waals surface area contributed by atoms with Gasteiger partial charge in [0.1, 0.15) is 6.33 Å². The Hall–Kier alpha value is -4.23. The molecule has 2 amide bonds. The Morgan fingerprint density at radius 3 is 2.30 bits per heavy atom. The van der Waals surface area contributed by atoms with Crippen molar-refractivity contribution in [2.75, 3.05) is 16.8 Å². The highest BCUT2D eigenvalue weighted by molar-refractivity contribution is 7.99. The van der Waals surface area contributed by atoms with Crippen molar-refractivity contribution in [1.82, 2.24) is 20.5 Å². The molecule has 1 saturated heterocycles. The number of hydrogen-bond acceptors (Lipinski definition) is 9. The van der Waals surface area contributed by atoms with E-state index in [0.29, 0.717) is 42.9 Å². The van der Waals surface area contributed by atoms with Crippen molar-refractivity contribution in [2.45, 2.75) is 81.8 Å². The maximum absolute atomic E-state index is 12.4. The molecule has 0 radical (unpaired) electrons. The second-order valence-electron chi connectivity index (χ2n) is 11.5. The largest absolute Gasteiger partial charge is 0.397 e. The van der Waals surface area contributed by atoms with Crippen LogP contribution in [0.4, 0.5) is 11.4 Å². The molecule has 3 atom stereocenters. The molecule has 248 valence electrons. The van der Waals surface area contributed by atoms with Gasteiger partial charge in [-0.3, -0.25) is 14.7 Å². The third-order valence-electron chi connectivity index (χ3n) is 7.95. The molecule has 0 aliphatic carbocycles. The fraction of sp³-hybridized carbons (Fsp3) is 0.371. The Kier molecular flexibility index (Phi) is 12.8. The summed E-state index contributed by atoms with van der Waals surface area (Å²) in [7, 11) is 0. The predicted molar refractivity (Wildman–Crippen MR) is 181 cm³/mol. The number of para-hydroxylation sites is 2. The van der Waals surface area contributed by atoms with Gasteiger partial charge < -0.3 is 30.9 Å². The van der Waals surface area contributed by atoms with Gasteiger partial charge in [-0.2, -0.15) is 5.10 Å². The van der Waals surface area contributed by atoms with E-state index in [-0.39, 0.29) is 30.6 Å². The summed E-state index contributed by atoms with van der Waals surface area (Å²) >= 11 is 1.55. The van der Waals surface area contributed by atoms with Crippen LogP contribution in [0, 0.1) is 0 Å². The van der Waals surface area contributed by atoms with Crippen LogP contribution in [-0.2, 0) is 32.2 Å². The van der Waals surface area contributed by atoms with E-state index in [1.807, 2.05) is 60.7 Å². The summed E-state index contributed by atoms with van der Waals surface area (Å²) in [6.45, 7) is 0.430. The number of benzene rings is 3. The molecule has 2 heterocycles. The highest BCUT2D eigenvalue weighted by Crippen LogP contribution is 2.39. The summed E-state index contributed by atoms with van der Waals surface area (Å²) in [5, 5.41) is 22.8. The van der Waals surface area contributed by atoms with Crippen LogP contribution >= 0.6 is 11.8 Å². The Morgan fingerprint density at radius 2 is 1.60 bits per heavy atom. The molecule has 11 nitrogen and oxygen atoms in total.